The van der Waals surface area contributed by atoms with Crippen LogP contribution < -0.4 is 14.8 Å². The molecule has 3 aromatic rings. The smallest absolute Gasteiger partial charge is 0.410 e. The maximum atomic E-state index is 13.7. The molecule has 0 radical (unpaired) electrons. The number of likely N-dealkylation sites (tertiary alicyclic amines) is 1. The lowest BCUT2D eigenvalue weighted by Gasteiger charge is -2.34. The monoisotopic (exact) mass is 574 g/mol. The highest BCUT2D eigenvalue weighted by Crippen LogP contribution is 2.38. The zero-order chi connectivity index (χ0) is 28.3. The second kappa shape index (κ2) is 11.8. The summed E-state index contributed by atoms with van der Waals surface area (Å²) in [6.45, 7) is 6.49. The van der Waals surface area contributed by atoms with E-state index in [-0.39, 0.29) is 17.9 Å². The van der Waals surface area contributed by atoms with Crippen LogP contribution in [0.25, 0.3) is 5.69 Å². The fourth-order valence-corrected chi connectivity index (χ4v) is 5.01. The zero-order valence-corrected chi connectivity index (χ0v) is 24.1. The van der Waals surface area contributed by atoms with Crippen molar-refractivity contribution < 1.29 is 23.8 Å². The number of nitrogens with zero attached hydrogens (tertiary/aromatic N) is 3. The summed E-state index contributed by atoms with van der Waals surface area (Å²) in [5.41, 5.74) is 1.58. The summed E-state index contributed by atoms with van der Waals surface area (Å²) in [5.74, 6) is 0.382. The summed E-state index contributed by atoms with van der Waals surface area (Å²) in [5, 5.41) is 8.30. The highest BCUT2D eigenvalue weighted by molar-refractivity contribution is 6.32. The highest BCUT2D eigenvalue weighted by Gasteiger charge is 2.32. The van der Waals surface area contributed by atoms with E-state index in [9.17, 15) is 9.59 Å². The number of piperidine rings is 1. The van der Waals surface area contributed by atoms with Crippen LogP contribution in [0.3, 0.4) is 0 Å². The molecule has 2 aromatic carbocycles. The number of halogens is 2. The van der Waals surface area contributed by atoms with E-state index >= 15 is 0 Å². The SMILES string of the molecule is COc1cc(OC)c(NC(=O)c2cnn(-c3ccccc3Cl)c2C2CCN(C(=O)OC(C)(C)C)CC2)cc1Cl. The molecule has 2 amide bonds. The van der Waals surface area contributed by atoms with Crippen molar-refractivity contribution in [3.8, 4) is 17.2 Å². The van der Waals surface area contributed by atoms with Gasteiger partial charge in [-0.05, 0) is 51.8 Å². The first-order chi connectivity index (χ1) is 18.5. The van der Waals surface area contributed by atoms with Crippen LogP contribution >= 0.6 is 23.2 Å². The third-order valence-electron chi connectivity index (χ3n) is 6.39. The average molecular weight is 575 g/mol. The van der Waals surface area contributed by atoms with Gasteiger partial charge in [0.25, 0.3) is 5.91 Å². The predicted molar refractivity (Wildman–Crippen MR) is 151 cm³/mol. The largest absolute Gasteiger partial charge is 0.495 e. The number of nitrogens with one attached hydrogen (secondary N) is 1. The molecule has 1 N–H and O–H groups in total. The number of carbonyl (C=O) groups is 2. The van der Waals surface area contributed by atoms with Crippen molar-refractivity contribution in [3.05, 3.63) is 63.9 Å². The fourth-order valence-electron chi connectivity index (χ4n) is 4.55. The summed E-state index contributed by atoms with van der Waals surface area (Å²) >= 11 is 12.8. The topological polar surface area (TPSA) is 94.9 Å². The van der Waals surface area contributed by atoms with Gasteiger partial charge in [0.05, 0.1) is 53.1 Å². The van der Waals surface area contributed by atoms with Gasteiger partial charge < -0.3 is 24.4 Å². The van der Waals surface area contributed by atoms with Crippen molar-refractivity contribution in [2.45, 2.75) is 45.1 Å². The van der Waals surface area contributed by atoms with Crippen LogP contribution in [0.4, 0.5) is 10.5 Å². The molecule has 2 heterocycles. The number of ether oxygens (including phenoxy) is 3. The van der Waals surface area contributed by atoms with Gasteiger partial charge in [0.1, 0.15) is 17.1 Å². The van der Waals surface area contributed by atoms with Crippen molar-refractivity contribution in [1.82, 2.24) is 14.7 Å². The average Bonchev–Trinajstić information content (AvgIpc) is 3.33. The lowest BCUT2D eigenvalue weighted by atomic mass is 9.90. The number of rotatable bonds is 6. The number of hydrogen-bond donors (Lipinski definition) is 1. The van der Waals surface area contributed by atoms with Crippen LogP contribution in [0, 0.1) is 0 Å². The Morgan fingerprint density at radius 1 is 1.00 bits per heavy atom. The van der Waals surface area contributed by atoms with Gasteiger partial charge in [-0.2, -0.15) is 5.10 Å². The van der Waals surface area contributed by atoms with Crippen LogP contribution in [-0.2, 0) is 4.74 Å². The van der Waals surface area contributed by atoms with Crippen LogP contribution in [0.15, 0.2) is 42.6 Å². The predicted octanol–water partition coefficient (Wildman–Crippen LogP) is 6.56. The Labute approximate surface area is 237 Å². The maximum absolute atomic E-state index is 13.7. The van der Waals surface area contributed by atoms with E-state index in [0.717, 1.165) is 0 Å². The number of anilines is 1. The molecule has 1 aliphatic rings. The minimum atomic E-state index is -0.576. The molecule has 0 spiro atoms. The summed E-state index contributed by atoms with van der Waals surface area (Å²) in [4.78, 5) is 28.0. The standard InChI is InChI=1S/C28H32Cl2N4O5/c1-28(2,3)39-27(36)33-12-10-17(11-13-33)25-18(16-31-34(25)22-9-7-6-8-19(22)29)26(35)32-21-14-20(30)23(37-4)15-24(21)38-5/h6-9,14-17H,10-13H2,1-5H3,(H,32,35). The zero-order valence-electron chi connectivity index (χ0n) is 22.6. The summed E-state index contributed by atoms with van der Waals surface area (Å²) < 4.78 is 18.0. The first kappa shape index (κ1) is 28.6. The first-order valence-corrected chi connectivity index (χ1v) is 13.3. The molecule has 11 heteroatoms. The molecule has 39 heavy (non-hydrogen) atoms. The van der Waals surface area contributed by atoms with Gasteiger partial charge in [-0.1, -0.05) is 35.3 Å². The van der Waals surface area contributed by atoms with Crippen molar-refractivity contribution >= 4 is 40.9 Å². The van der Waals surface area contributed by atoms with Gasteiger partial charge in [0.2, 0.25) is 0 Å². The van der Waals surface area contributed by atoms with Crippen LogP contribution in [0.2, 0.25) is 10.0 Å². The van der Waals surface area contributed by atoms with Crippen molar-refractivity contribution in [2.75, 3.05) is 32.6 Å². The van der Waals surface area contributed by atoms with Gasteiger partial charge in [-0.3, -0.25) is 4.79 Å². The molecule has 1 fully saturated rings. The Bertz CT molecular complexity index is 1360. The first-order valence-electron chi connectivity index (χ1n) is 12.6. The number of hydrogen-bond acceptors (Lipinski definition) is 6. The molecular formula is C28H32Cl2N4O5. The Kier molecular flexibility index (Phi) is 8.61. The minimum absolute atomic E-state index is 0.0652. The van der Waals surface area contributed by atoms with E-state index < -0.39 is 5.60 Å². The lowest BCUT2D eigenvalue weighted by Crippen LogP contribution is -2.41. The van der Waals surface area contributed by atoms with E-state index in [0.29, 0.717) is 70.1 Å². The van der Waals surface area contributed by atoms with Crippen LogP contribution in [0.1, 0.15) is 55.6 Å². The quantitative estimate of drug-likeness (QED) is 0.358. The summed E-state index contributed by atoms with van der Waals surface area (Å²) in [7, 11) is 3.00. The molecule has 1 aromatic heterocycles. The molecule has 0 atom stereocenters. The maximum Gasteiger partial charge on any atom is 0.410 e. The lowest BCUT2D eigenvalue weighted by molar-refractivity contribution is 0.0203. The molecule has 0 bridgehead atoms. The van der Waals surface area contributed by atoms with E-state index in [1.165, 1.54) is 20.4 Å². The molecule has 9 nitrogen and oxygen atoms in total. The second-order valence-electron chi connectivity index (χ2n) is 10.2. The molecule has 1 saturated heterocycles. The van der Waals surface area contributed by atoms with Crippen molar-refractivity contribution in [2.24, 2.45) is 0 Å². The normalized spacial score (nSPS) is 14.2. The molecular weight excluding hydrogens is 543 g/mol. The number of carbonyl (C=O) groups excluding carboxylic acids is 2. The number of benzene rings is 2. The van der Waals surface area contributed by atoms with E-state index in [4.69, 9.17) is 37.4 Å². The van der Waals surface area contributed by atoms with Crippen molar-refractivity contribution in [1.29, 1.82) is 0 Å². The number of aromatic nitrogens is 2. The summed E-state index contributed by atoms with van der Waals surface area (Å²) in [6, 6.07) is 10.5. The Hall–Kier alpha value is -3.43. The van der Waals surface area contributed by atoms with Gasteiger partial charge in [0.15, 0.2) is 0 Å². The Morgan fingerprint density at radius 2 is 1.67 bits per heavy atom. The Morgan fingerprint density at radius 3 is 2.28 bits per heavy atom. The van der Waals surface area contributed by atoms with Crippen LogP contribution in [-0.4, -0.2) is 59.6 Å². The fraction of sp³-hybridized carbons (Fsp3) is 0.393. The second-order valence-corrected chi connectivity index (χ2v) is 11.0. The minimum Gasteiger partial charge on any atom is -0.495 e. The van der Waals surface area contributed by atoms with E-state index in [2.05, 4.69) is 10.4 Å². The third-order valence-corrected chi connectivity index (χ3v) is 7.00. The highest BCUT2D eigenvalue weighted by atomic mass is 35.5. The van der Waals surface area contributed by atoms with E-state index in [1.807, 2.05) is 39.0 Å². The van der Waals surface area contributed by atoms with Crippen LogP contribution in [0.5, 0.6) is 11.5 Å². The third kappa shape index (κ3) is 6.42. The number of para-hydroxylation sites is 1. The van der Waals surface area contributed by atoms with Crippen molar-refractivity contribution in [3.63, 3.8) is 0 Å². The van der Waals surface area contributed by atoms with Gasteiger partial charge in [-0.25, -0.2) is 9.48 Å². The Balaban J connectivity index is 1.66. The van der Waals surface area contributed by atoms with Gasteiger partial charge in [0, 0.05) is 25.1 Å². The molecule has 208 valence electrons. The molecule has 0 unspecified atom stereocenters. The van der Waals surface area contributed by atoms with Gasteiger partial charge >= 0.3 is 6.09 Å². The molecule has 1 aliphatic heterocycles. The number of methoxy groups -OCH3 is 2. The van der Waals surface area contributed by atoms with E-state index in [1.54, 1.807) is 27.8 Å². The van der Waals surface area contributed by atoms with Gasteiger partial charge in [-0.15, -0.1) is 0 Å². The molecule has 0 saturated carbocycles. The molecule has 4 rings (SSSR count). The number of amides is 2. The summed E-state index contributed by atoms with van der Waals surface area (Å²) in [6.07, 6.45) is 2.43. The molecule has 0 aliphatic carbocycles.